The topological polar surface area (TPSA) is 12.0 Å². The van der Waals surface area contributed by atoms with Crippen LogP contribution < -0.4 is 5.32 Å². The Morgan fingerprint density at radius 1 is 0.952 bits per heavy atom. The van der Waals surface area contributed by atoms with Gasteiger partial charge in [-0.15, -0.1) is 0 Å². The predicted octanol–water partition coefficient (Wildman–Crippen LogP) is 5.75. The molecule has 2 rings (SSSR count). The van der Waals surface area contributed by atoms with Crippen molar-refractivity contribution in [1.82, 2.24) is 0 Å². The maximum Gasteiger partial charge on any atom is 0.0388 e. The van der Waals surface area contributed by atoms with Crippen LogP contribution in [0.15, 0.2) is 61.3 Å². The number of nitrogens with one attached hydrogen (secondary N) is 1. The van der Waals surface area contributed by atoms with Gasteiger partial charge in [-0.05, 0) is 54.3 Å². The molecular weight excluding hydrogens is 254 g/mol. The third kappa shape index (κ3) is 3.73. The van der Waals surface area contributed by atoms with Gasteiger partial charge in [0.2, 0.25) is 0 Å². The molecule has 0 saturated carbocycles. The highest BCUT2D eigenvalue weighted by molar-refractivity contribution is 5.70. The molecular formula is C20H21N. The molecule has 2 aromatic carbocycles. The highest BCUT2D eigenvalue weighted by Gasteiger charge is 2.00. The smallest absolute Gasteiger partial charge is 0.0388 e. The van der Waals surface area contributed by atoms with E-state index in [-0.39, 0.29) is 0 Å². The molecule has 1 N–H and O–H groups in total. The van der Waals surface area contributed by atoms with Crippen LogP contribution in [0.25, 0.3) is 18.2 Å². The molecule has 0 saturated heterocycles. The number of hydrogen-bond acceptors (Lipinski definition) is 1. The van der Waals surface area contributed by atoms with Gasteiger partial charge in [0.15, 0.2) is 0 Å². The Kier molecular flexibility index (Phi) is 4.78. The Morgan fingerprint density at radius 2 is 1.67 bits per heavy atom. The Balaban J connectivity index is 2.23. The van der Waals surface area contributed by atoms with Crippen molar-refractivity contribution < 1.29 is 0 Å². The third-order valence-corrected chi connectivity index (χ3v) is 3.43. The van der Waals surface area contributed by atoms with Gasteiger partial charge in [-0.25, -0.2) is 0 Å². The molecule has 0 unspecified atom stereocenters. The quantitative estimate of drug-likeness (QED) is 0.732. The van der Waals surface area contributed by atoms with Gasteiger partial charge in [-0.2, -0.15) is 0 Å². The zero-order valence-corrected chi connectivity index (χ0v) is 12.7. The standard InChI is InChI=1S/C20H21N/c1-5-17-11-12-20(14-18(17)6-2)21-16(4)13-19-10-8-7-9-15(19)3/h5-14,21H,1-2H2,3-4H3/b16-13+. The summed E-state index contributed by atoms with van der Waals surface area (Å²) in [5, 5.41) is 3.42. The highest BCUT2D eigenvalue weighted by atomic mass is 14.9. The number of anilines is 1. The van der Waals surface area contributed by atoms with Gasteiger partial charge >= 0.3 is 0 Å². The summed E-state index contributed by atoms with van der Waals surface area (Å²) >= 11 is 0. The van der Waals surface area contributed by atoms with Crippen molar-refractivity contribution in [3.63, 3.8) is 0 Å². The average Bonchev–Trinajstić information content (AvgIpc) is 2.49. The van der Waals surface area contributed by atoms with Crippen LogP contribution in [0.1, 0.15) is 29.2 Å². The minimum absolute atomic E-state index is 1.05. The van der Waals surface area contributed by atoms with Crippen molar-refractivity contribution in [1.29, 1.82) is 0 Å². The molecule has 21 heavy (non-hydrogen) atoms. The van der Waals surface area contributed by atoms with E-state index in [9.17, 15) is 0 Å². The summed E-state index contributed by atoms with van der Waals surface area (Å²) in [6.45, 7) is 11.9. The summed E-state index contributed by atoms with van der Waals surface area (Å²) < 4.78 is 0. The summed E-state index contributed by atoms with van der Waals surface area (Å²) in [6, 6.07) is 14.5. The second-order valence-electron chi connectivity index (χ2n) is 5.06. The fourth-order valence-electron chi connectivity index (χ4n) is 2.26. The zero-order chi connectivity index (χ0) is 15.2. The summed E-state index contributed by atoms with van der Waals surface area (Å²) in [4.78, 5) is 0. The Bertz CT molecular complexity index is 693. The van der Waals surface area contributed by atoms with Crippen LogP contribution >= 0.6 is 0 Å². The SMILES string of the molecule is C=Cc1ccc(N/C(C)=C/c2ccccc2C)cc1C=C. The second-order valence-corrected chi connectivity index (χ2v) is 5.06. The van der Waals surface area contributed by atoms with Gasteiger partial charge in [-0.3, -0.25) is 0 Å². The van der Waals surface area contributed by atoms with Crippen LogP contribution in [0, 0.1) is 6.92 Å². The molecule has 0 aliphatic heterocycles. The Morgan fingerprint density at radius 3 is 2.33 bits per heavy atom. The van der Waals surface area contributed by atoms with Gasteiger partial charge in [-0.1, -0.05) is 55.6 Å². The van der Waals surface area contributed by atoms with Crippen LogP contribution in [0.5, 0.6) is 0 Å². The van der Waals surface area contributed by atoms with E-state index < -0.39 is 0 Å². The molecule has 0 aromatic heterocycles. The van der Waals surface area contributed by atoms with Crippen molar-refractivity contribution in [3.8, 4) is 0 Å². The first-order chi connectivity index (χ1) is 10.1. The lowest BCUT2D eigenvalue weighted by atomic mass is 10.1. The molecule has 106 valence electrons. The largest absolute Gasteiger partial charge is 0.359 e. The van der Waals surface area contributed by atoms with E-state index in [2.05, 4.69) is 74.8 Å². The van der Waals surface area contributed by atoms with Gasteiger partial charge in [0.05, 0.1) is 0 Å². The minimum Gasteiger partial charge on any atom is -0.359 e. The molecule has 0 spiro atoms. The number of rotatable bonds is 5. The number of benzene rings is 2. The first-order valence-electron chi connectivity index (χ1n) is 7.04. The van der Waals surface area contributed by atoms with Gasteiger partial charge in [0.1, 0.15) is 0 Å². The molecule has 1 nitrogen and oxygen atoms in total. The van der Waals surface area contributed by atoms with Gasteiger partial charge < -0.3 is 5.32 Å². The van der Waals surface area contributed by atoms with E-state index in [0.717, 1.165) is 22.5 Å². The molecule has 1 heteroatoms. The number of hydrogen-bond donors (Lipinski definition) is 1. The van der Waals surface area contributed by atoms with Crippen molar-refractivity contribution in [2.45, 2.75) is 13.8 Å². The highest BCUT2D eigenvalue weighted by Crippen LogP contribution is 2.20. The minimum atomic E-state index is 1.05. The molecule has 0 fully saturated rings. The lowest BCUT2D eigenvalue weighted by Gasteiger charge is -2.10. The number of allylic oxidation sites excluding steroid dienone is 1. The lowest BCUT2D eigenvalue weighted by molar-refractivity contribution is 1.37. The molecule has 0 aliphatic rings. The number of aryl methyl sites for hydroxylation is 1. The average molecular weight is 275 g/mol. The molecule has 0 aliphatic carbocycles. The normalized spacial score (nSPS) is 11.0. The summed E-state index contributed by atoms with van der Waals surface area (Å²) in [7, 11) is 0. The van der Waals surface area contributed by atoms with E-state index in [1.807, 2.05) is 18.2 Å². The molecule has 0 bridgehead atoms. The third-order valence-electron chi connectivity index (χ3n) is 3.43. The Hall–Kier alpha value is -2.54. The van der Waals surface area contributed by atoms with Crippen LogP contribution in [-0.4, -0.2) is 0 Å². The van der Waals surface area contributed by atoms with Crippen molar-refractivity contribution in [2.75, 3.05) is 5.32 Å². The second kappa shape index (κ2) is 6.76. The van der Waals surface area contributed by atoms with E-state index in [1.165, 1.54) is 11.1 Å². The van der Waals surface area contributed by atoms with E-state index in [1.54, 1.807) is 0 Å². The van der Waals surface area contributed by atoms with Crippen molar-refractivity contribution in [3.05, 3.63) is 83.6 Å². The molecule has 2 aromatic rings. The molecule has 0 atom stereocenters. The van der Waals surface area contributed by atoms with Crippen LogP contribution in [0.4, 0.5) is 5.69 Å². The van der Waals surface area contributed by atoms with Crippen LogP contribution in [0.2, 0.25) is 0 Å². The van der Waals surface area contributed by atoms with E-state index in [4.69, 9.17) is 0 Å². The summed E-state index contributed by atoms with van der Waals surface area (Å²) in [5.74, 6) is 0. The maximum atomic E-state index is 3.85. The summed E-state index contributed by atoms with van der Waals surface area (Å²) in [6.07, 6.45) is 5.85. The van der Waals surface area contributed by atoms with Gasteiger partial charge in [0, 0.05) is 11.4 Å². The fraction of sp³-hybridized carbons (Fsp3) is 0.100. The first kappa shape index (κ1) is 14.9. The maximum absolute atomic E-state index is 3.85. The van der Waals surface area contributed by atoms with Crippen LogP contribution in [0.3, 0.4) is 0 Å². The summed E-state index contributed by atoms with van der Waals surface area (Å²) in [5.41, 5.74) is 6.83. The fourth-order valence-corrected chi connectivity index (χ4v) is 2.26. The predicted molar refractivity (Wildman–Crippen MR) is 95.1 cm³/mol. The monoisotopic (exact) mass is 275 g/mol. The van der Waals surface area contributed by atoms with E-state index in [0.29, 0.717) is 0 Å². The Labute approximate surface area is 127 Å². The molecule has 0 radical (unpaired) electrons. The zero-order valence-electron chi connectivity index (χ0n) is 12.7. The first-order valence-corrected chi connectivity index (χ1v) is 7.04. The molecule has 0 amide bonds. The lowest BCUT2D eigenvalue weighted by Crippen LogP contribution is -1.96. The van der Waals surface area contributed by atoms with E-state index >= 15 is 0 Å². The van der Waals surface area contributed by atoms with Crippen molar-refractivity contribution >= 4 is 23.9 Å². The van der Waals surface area contributed by atoms with Crippen molar-refractivity contribution in [2.24, 2.45) is 0 Å². The van der Waals surface area contributed by atoms with Gasteiger partial charge in [0.25, 0.3) is 0 Å². The molecule has 0 heterocycles. The van der Waals surface area contributed by atoms with Crippen LogP contribution in [-0.2, 0) is 0 Å².